The zero-order valence-electron chi connectivity index (χ0n) is 12.9. The third-order valence-electron chi connectivity index (χ3n) is 3.38. The minimum absolute atomic E-state index is 0.0674. The average molecular weight is 389 g/mol. The summed E-state index contributed by atoms with van der Waals surface area (Å²) in [5, 5.41) is 23.7. The number of nitro groups is 1. The van der Waals surface area contributed by atoms with Crippen LogP contribution in [0.5, 0.6) is 0 Å². The van der Waals surface area contributed by atoms with E-state index in [0.29, 0.717) is 0 Å². The smallest absolute Gasteiger partial charge is 0.288 e. The second-order valence-electron chi connectivity index (χ2n) is 5.28. The zero-order chi connectivity index (χ0) is 18.8. The van der Waals surface area contributed by atoms with E-state index in [4.69, 9.17) is 11.6 Å². The number of aliphatic hydroxyl groups is 1. The van der Waals surface area contributed by atoms with Crippen molar-refractivity contribution in [2.75, 3.05) is 18.1 Å². The Labute approximate surface area is 148 Å². The number of benzene rings is 2. The van der Waals surface area contributed by atoms with E-state index >= 15 is 0 Å². The van der Waals surface area contributed by atoms with E-state index in [0.717, 1.165) is 24.5 Å². The molecule has 0 fully saturated rings. The van der Waals surface area contributed by atoms with Gasteiger partial charge >= 0.3 is 0 Å². The molecular weight excluding hydrogens is 375 g/mol. The Hall–Kier alpha value is -2.23. The molecular formula is C15H14ClFN2O5S. The van der Waals surface area contributed by atoms with Crippen molar-refractivity contribution in [2.24, 2.45) is 0 Å². The van der Waals surface area contributed by atoms with Gasteiger partial charge in [0.1, 0.15) is 10.7 Å². The molecule has 0 spiro atoms. The number of nitrogens with one attached hydrogen (secondary N) is 1. The van der Waals surface area contributed by atoms with Crippen molar-refractivity contribution in [3.8, 4) is 0 Å². The molecule has 0 saturated carbocycles. The fraction of sp³-hybridized carbons (Fsp3) is 0.200. The molecule has 0 saturated heterocycles. The highest BCUT2D eigenvalue weighted by Crippen LogP contribution is 2.27. The normalized spacial score (nSPS) is 12.6. The van der Waals surface area contributed by atoms with Gasteiger partial charge in [-0.2, -0.15) is 0 Å². The van der Waals surface area contributed by atoms with Crippen LogP contribution in [0.3, 0.4) is 0 Å². The first-order chi connectivity index (χ1) is 11.6. The predicted molar refractivity (Wildman–Crippen MR) is 91.1 cm³/mol. The van der Waals surface area contributed by atoms with Crippen LogP contribution in [0, 0.1) is 15.9 Å². The zero-order valence-corrected chi connectivity index (χ0v) is 14.5. The minimum atomic E-state index is -3.81. The lowest BCUT2D eigenvalue weighted by Crippen LogP contribution is -2.13. The lowest BCUT2D eigenvalue weighted by Gasteiger charge is -2.14. The molecule has 0 bridgehead atoms. The van der Waals surface area contributed by atoms with E-state index in [1.807, 2.05) is 0 Å². The molecule has 0 radical (unpaired) electrons. The minimum Gasteiger partial charge on any atom is -0.387 e. The van der Waals surface area contributed by atoms with E-state index in [2.05, 4.69) is 5.32 Å². The lowest BCUT2D eigenvalue weighted by molar-refractivity contribution is -0.387. The first-order valence-electron chi connectivity index (χ1n) is 6.95. The van der Waals surface area contributed by atoms with E-state index < -0.39 is 37.3 Å². The van der Waals surface area contributed by atoms with Gasteiger partial charge in [0.2, 0.25) is 0 Å². The molecule has 25 heavy (non-hydrogen) atoms. The second-order valence-corrected chi connectivity index (χ2v) is 7.67. The van der Waals surface area contributed by atoms with Crippen LogP contribution in [-0.2, 0) is 9.84 Å². The molecule has 0 heterocycles. The van der Waals surface area contributed by atoms with E-state index in [1.165, 1.54) is 18.2 Å². The molecule has 134 valence electrons. The molecule has 1 atom stereocenters. The third-order valence-corrected chi connectivity index (χ3v) is 4.82. The first kappa shape index (κ1) is 19.1. The van der Waals surface area contributed by atoms with Crippen LogP contribution in [0.1, 0.15) is 11.7 Å². The number of sulfone groups is 1. The summed E-state index contributed by atoms with van der Waals surface area (Å²) in [4.78, 5) is 9.70. The summed E-state index contributed by atoms with van der Waals surface area (Å²) in [5.41, 5.74) is 0.00697. The summed E-state index contributed by atoms with van der Waals surface area (Å²) in [6.45, 7) is -0.0674. The second kappa shape index (κ2) is 7.34. The van der Waals surface area contributed by atoms with Crippen molar-refractivity contribution >= 4 is 32.8 Å². The molecule has 0 aromatic heterocycles. The summed E-state index contributed by atoms with van der Waals surface area (Å²) in [5.74, 6) is -0.673. The summed E-state index contributed by atoms with van der Waals surface area (Å²) < 4.78 is 36.8. The number of aliphatic hydroxyl groups excluding tert-OH is 1. The third kappa shape index (κ3) is 4.65. The number of nitrogens with zero attached hydrogens (tertiary/aromatic N) is 1. The monoisotopic (exact) mass is 388 g/mol. The van der Waals surface area contributed by atoms with Crippen molar-refractivity contribution in [3.63, 3.8) is 0 Å². The van der Waals surface area contributed by atoms with Crippen molar-refractivity contribution < 1.29 is 22.8 Å². The molecule has 0 amide bonds. The molecule has 0 aliphatic rings. The van der Waals surface area contributed by atoms with Gasteiger partial charge in [-0.05, 0) is 29.8 Å². The van der Waals surface area contributed by atoms with Crippen molar-refractivity contribution in [1.82, 2.24) is 0 Å². The SMILES string of the molecule is CS(=O)(=O)c1cc(NCC(O)c2ccc(Cl)c(F)c2)ccc1[N+](=O)[O-]. The van der Waals surface area contributed by atoms with Crippen LogP contribution in [0.4, 0.5) is 15.8 Å². The Balaban J connectivity index is 2.20. The molecule has 10 heteroatoms. The molecule has 1 unspecified atom stereocenters. The van der Waals surface area contributed by atoms with Gasteiger partial charge < -0.3 is 10.4 Å². The van der Waals surface area contributed by atoms with Crippen LogP contribution in [0.25, 0.3) is 0 Å². The van der Waals surface area contributed by atoms with E-state index in [-0.39, 0.29) is 22.8 Å². The molecule has 2 aromatic rings. The molecule has 0 aliphatic carbocycles. The van der Waals surface area contributed by atoms with Crippen LogP contribution in [0.15, 0.2) is 41.3 Å². The lowest BCUT2D eigenvalue weighted by atomic mass is 10.1. The number of hydrogen-bond donors (Lipinski definition) is 2. The van der Waals surface area contributed by atoms with Crippen LogP contribution < -0.4 is 5.32 Å². The maximum absolute atomic E-state index is 13.4. The Morgan fingerprint density at radius 2 is 2.00 bits per heavy atom. The number of halogens is 2. The molecule has 2 N–H and O–H groups in total. The van der Waals surface area contributed by atoms with E-state index in [9.17, 15) is 28.0 Å². The topological polar surface area (TPSA) is 110 Å². The summed E-state index contributed by atoms with van der Waals surface area (Å²) in [7, 11) is -3.81. The summed E-state index contributed by atoms with van der Waals surface area (Å²) in [6, 6.07) is 7.35. The number of nitro benzene ring substituents is 1. The Morgan fingerprint density at radius 3 is 2.56 bits per heavy atom. The van der Waals surface area contributed by atoms with Crippen LogP contribution in [-0.4, -0.2) is 31.2 Å². The van der Waals surface area contributed by atoms with Crippen molar-refractivity contribution in [3.05, 3.63) is 62.9 Å². The number of anilines is 1. The number of hydrogen-bond acceptors (Lipinski definition) is 6. The molecule has 2 aromatic carbocycles. The predicted octanol–water partition coefficient (Wildman–Crippen LogP) is 2.94. The van der Waals surface area contributed by atoms with Gasteiger partial charge in [0.05, 0.1) is 16.0 Å². The van der Waals surface area contributed by atoms with Gasteiger partial charge in [0.25, 0.3) is 5.69 Å². The molecule has 0 aliphatic heterocycles. The Bertz CT molecular complexity index is 920. The highest BCUT2D eigenvalue weighted by atomic mass is 35.5. The Kier molecular flexibility index (Phi) is 5.61. The van der Waals surface area contributed by atoms with Gasteiger partial charge in [-0.15, -0.1) is 0 Å². The maximum atomic E-state index is 13.4. The van der Waals surface area contributed by atoms with Gasteiger partial charge in [-0.1, -0.05) is 17.7 Å². The highest BCUT2D eigenvalue weighted by molar-refractivity contribution is 7.90. The van der Waals surface area contributed by atoms with Crippen LogP contribution in [0.2, 0.25) is 5.02 Å². The average Bonchev–Trinajstić information content (AvgIpc) is 2.54. The van der Waals surface area contributed by atoms with Gasteiger partial charge in [0.15, 0.2) is 9.84 Å². The molecule has 2 rings (SSSR count). The number of rotatable bonds is 6. The molecule has 7 nitrogen and oxygen atoms in total. The Morgan fingerprint density at radius 1 is 1.32 bits per heavy atom. The van der Waals surface area contributed by atoms with Crippen molar-refractivity contribution in [2.45, 2.75) is 11.0 Å². The largest absolute Gasteiger partial charge is 0.387 e. The summed E-state index contributed by atoms with van der Waals surface area (Å²) >= 11 is 5.57. The van der Waals surface area contributed by atoms with E-state index in [1.54, 1.807) is 0 Å². The van der Waals surface area contributed by atoms with Gasteiger partial charge in [0, 0.05) is 24.6 Å². The van der Waals surface area contributed by atoms with Crippen molar-refractivity contribution in [1.29, 1.82) is 0 Å². The quantitative estimate of drug-likeness (QED) is 0.581. The fourth-order valence-corrected chi connectivity index (χ4v) is 3.11. The maximum Gasteiger partial charge on any atom is 0.288 e. The summed E-state index contributed by atoms with van der Waals surface area (Å²) in [6.07, 6.45) is -0.228. The highest BCUT2D eigenvalue weighted by Gasteiger charge is 2.22. The van der Waals surface area contributed by atoms with Gasteiger partial charge in [-0.3, -0.25) is 10.1 Å². The first-order valence-corrected chi connectivity index (χ1v) is 9.22. The standard InChI is InChI=1S/C15H14ClFN2O5S/c1-25(23,24)15-7-10(3-5-13(15)19(21)22)18-8-14(20)9-2-4-11(16)12(17)6-9/h2-7,14,18,20H,8H2,1H3. The fourth-order valence-electron chi connectivity index (χ4n) is 2.12. The van der Waals surface area contributed by atoms with Gasteiger partial charge in [-0.25, -0.2) is 12.8 Å². The van der Waals surface area contributed by atoms with Crippen LogP contribution >= 0.6 is 11.6 Å².